The summed E-state index contributed by atoms with van der Waals surface area (Å²) in [7, 11) is 0. The summed E-state index contributed by atoms with van der Waals surface area (Å²) in [5.74, 6) is 0.411. The Bertz CT molecular complexity index is 403. The fraction of sp³-hybridized carbons (Fsp3) is 0.500. The number of hydrogen-bond acceptors (Lipinski definition) is 2. The van der Waals surface area contributed by atoms with E-state index in [0.717, 1.165) is 19.6 Å². The minimum Gasteiger partial charge on any atom is -0.370 e. The molecule has 0 saturated carbocycles. The lowest BCUT2D eigenvalue weighted by Crippen LogP contribution is -2.26. The van der Waals surface area contributed by atoms with Gasteiger partial charge in [-0.1, -0.05) is 24.3 Å². The largest absolute Gasteiger partial charge is 0.370 e. The van der Waals surface area contributed by atoms with Gasteiger partial charge in [0.05, 0.1) is 0 Å². The molecule has 2 rings (SSSR count). The maximum Gasteiger partial charge on any atom is 0.218 e. The molecule has 0 spiro atoms. The van der Waals surface area contributed by atoms with Crippen LogP contribution < -0.4 is 5.73 Å². The van der Waals surface area contributed by atoms with Crippen LogP contribution in [0.25, 0.3) is 0 Å². The van der Waals surface area contributed by atoms with E-state index in [-0.39, 0.29) is 5.91 Å². The third-order valence-electron chi connectivity index (χ3n) is 3.58. The van der Waals surface area contributed by atoms with Gasteiger partial charge in [0.25, 0.3) is 0 Å². The maximum absolute atomic E-state index is 10.8. The van der Waals surface area contributed by atoms with Crippen molar-refractivity contribution in [2.24, 2.45) is 5.73 Å². The third kappa shape index (κ3) is 3.07. The summed E-state index contributed by atoms with van der Waals surface area (Å²) in [5.41, 5.74) is 8.00. The van der Waals surface area contributed by atoms with Crippen LogP contribution in [0.1, 0.15) is 29.9 Å². The van der Waals surface area contributed by atoms with E-state index < -0.39 is 0 Å². The summed E-state index contributed by atoms with van der Waals surface area (Å²) in [6.45, 7) is 5.10. The van der Waals surface area contributed by atoms with Gasteiger partial charge in [0.15, 0.2) is 0 Å². The van der Waals surface area contributed by atoms with Crippen molar-refractivity contribution in [2.75, 3.05) is 19.6 Å². The molecule has 1 heterocycles. The summed E-state index contributed by atoms with van der Waals surface area (Å²) >= 11 is 0. The first kappa shape index (κ1) is 12.1. The number of carbonyl (C=O) groups excluding carboxylic acids is 1. The summed E-state index contributed by atoms with van der Waals surface area (Å²) in [5, 5.41) is 0. The Morgan fingerprint density at radius 2 is 2.24 bits per heavy atom. The molecular formula is C14H20N2O. The molecule has 3 nitrogen and oxygen atoms in total. The van der Waals surface area contributed by atoms with E-state index >= 15 is 0 Å². The van der Waals surface area contributed by atoms with Crippen LogP contribution in [-0.4, -0.2) is 30.4 Å². The van der Waals surface area contributed by atoms with Crippen molar-refractivity contribution in [2.45, 2.75) is 25.7 Å². The number of rotatable bonds is 4. The van der Waals surface area contributed by atoms with E-state index in [2.05, 4.69) is 36.1 Å². The van der Waals surface area contributed by atoms with Gasteiger partial charge in [-0.05, 0) is 36.9 Å². The van der Waals surface area contributed by atoms with E-state index in [9.17, 15) is 4.79 Å². The van der Waals surface area contributed by atoms with Gasteiger partial charge in [0, 0.05) is 19.5 Å². The minimum atomic E-state index is -0.204. The van der Waals surface area contributed by atoms with Crippen molar-refractivity contribution in [3.8, 4) is 0 Å². The minimum absolute atomic E-state index is 0.204. The maximum atomic E-state index is 10.8. The molecule has 1 aliphatic rings. The average Bonchev–Trinajstić information content (AvgIpc) is 2.75. The summed E-state index contributed by atoms with van der Waals surface area (Å²) in [6.07, 6.45) is 1.66. The van der Waals surface area contributed by atoms with E-state index in [1.54, 1.807) is 0 Å². The number of benzene rings is 1. The Labute approximate surface area is 103 Å². The highest BCUT2D eigenvalue weighted by molar-refractivity contribution is 5.73. The van der Waals surface area contributed by atoms with Crippen LogP contribution in [0.5, 0.6) is 0 Å². The summed E-state index contributed by atoms with van der Waals surface area (Å²) in [6, 6.07) is 8.58. The van der Waals surface area contributed by atoms with Crippen LogP contribution in [0.4, 0.5) is 0 Å². The lowest BCUT2D eigenvalue weighted by molar-refractivity contribution is -0.118. The molecule has 0 bridgehead atoms. The third-order valence-corrected chi connectivity index (χ3v) is 3.58. The van der Waals surface area contributed by atoms with Crippen LogP contribution in [-0.2, 0) is 4.79 Å². The van der Waals surface area contributed by atoms with Crippen LogP contribution >= 0.6 is 0 Å². The molecule has 0 aliphatic carbocycles. The fourth-order valence-corrected chi connectivity index (χ4v) is 2.60. The Kier molecular flexibility index (Phi) is 3.79. The van der Waals surface area contributed by atoms with Crippen molar-refractivity contribution in [1.29, 1.82) is 0 Å². The number of hydrogen-bond donors (Lipinski definition) is 1. The van der Waals surface area contributed by atoms with Crippen LogP contribution in [0, 0.1) is 6.92 Å². The molecule has 92 valence electrons. The van der Waals surface area contributed by atoms with Gasteiger partial charge in [0.2, 0.25) is 5.91 Å². The van der Waals surface area contributed by atoms with Crippen LogP contribution in [0.2, 0.25) is 0 Å². The number of primary amides is 1. The second-order valence-corrected chi connectivity index (χ2v) is 4.86. The van der Waals surface area contributed by atoms with Crippen molar-refractivity contribution >= 4 is 5.91 Å². The topological polar surface area (TPSA) is 46.3 Å². The molecule has 1 aromatic carbocycles. The monoisotopic (exact) mass is 232 g/mol. The van der Waals surface area contributed by atoms with Crippen molar-refractivity contribution in [1.82, 2.24) is 4.90 Å². The van der Waals surface area contributed by atoms with E-state index in [1.807, 2.05) is 0 Å². The first-order valence-corrected chi connectivity index (χ1v) is 6.23. The molecule has 1 unspecified atom stereocenters. The van der Waals surface area contributed by atoms with Gasteiger partial charge in [-0.25, -0.2) is 0 Å². The van der Waals surface area contributed by atoms with Crippen molar-refractivity contribution in [3.05, 3.63) is 35.4 Å². The van der Waals surface area contributed by atoms with Gasteiger partial charge in [0.1, 0.15) is 0 Å². The molecule has 17 heavy (non-hydrogen) atoms. The second kappa shape index (κ2) is 5.32. The summed E-state index contributed by atoms with van der Waals surface area (Å²) in [4.78, 5) is 13.1. The molecule has 1 atom stereocenters. The van der Waals surface area contributed by atoms with E-state index in [0.29, 0.717) is 12.3 Å². The number of nitrogens with zero attached hydrogens (tertiary/aromatic N) is 1. The zero-order valence-corrected chi connectivity index (χ0v) is 10.4. The second-order valence-electron chi connectivity index (χ2n) is 4.86. The Morgan fingerprint density at radius 1 is 1.47 bits per heavy atom. The average molecular weight is 232 g/mol. The number of amides is 1. The standard InChI is InChI=1S/C14H20N2O/c1-11-4-2-3-5-13(11)12-6-8-16(10-12)9-7-14(15)17/h2-5,12H,6-10H2,1H3,(H2,15,17). The number of likely N-dealkylation sites (tertiary alicyclic amines) is 1. The fourth-order valence-electron chi connectivity index (χ4n) is 2.60. The van der Waals surface area contributed by atoms with E-state index in [1.165, 1.54) is 17.5 Å². The number of aryl methyl sites for hydroxylation is 1. The predicted molar refractivity (Wildman–Crippen MR) is 68.8 cm³/mol. The summed E-state index contributed by atoms with van der Waals surface area (Å²) < 4.78 is 0. The highest BCUT2D eigenvalue weighted by atomic mass is 16.1. The Morgan fingerprint density at radius 3 is 2.94 bits per heavy atom. The number of nitrogens with two attached hydrogens (primary N) is 1. The van der Waals surface area contributed by atoms with Gasteiger partial charge in [-0.2, -0.15) is 0 Å². The van der Waals surface area contributed by atoms with Crippen LogP contribution in [0.15, 0.2) is 24.3 Å². The van der Waals surface area contributed by atoms with Crippen molar-refractivity contribution < 1.29 is 4.79 Å². The molecule has 2 N–H and O–H groups in total. The smallest absolute Gasteiger partial charge is 0.218 e. The Balaban J connectivity index is 1.94. The van der Waals surface area contributed by atoms with Gasteiger partial charge in [-0.15, -0.1) is 0 Å². The molecule has 1 aliphatic heterocycles. The first-order valence-electron chi connectivity index (χ1n) is 6.23. The molecule has 1 amide bonds. The normalized spacial score (nSPS) is 20.6. The lowest BCUT2D eigenvalue weighted by atomic mass is 9.94. The molecule has 1 fully saturated rings. The van der Waals surface area contributed by atoms with Gasteiger partial charge < -0.3 is 10.6 Å². The molecule has 0 radical (unpaired) electrons. The highest BCUT2D eigenvalue weighted by Gasteiger charge is 2.24. The highest BCUT2D eigenvalue weighted by Crippen LogP contribution is 2.29. The van der Waals surface area contributed by atoms with Gasteiger partial charge in [-0.3, -0.25) is 4.79 Å². The molecule has 3 heteroatoms. The van der Waals surface area contributed by atoms with E-state index in [4.69, 9.17) is 5.73 Å². The molecule has 0 aromatic heterocycles. The first-order chi connectivity index (χ1) is 8.16. The molecule has 1 saturated heterocycles. The van der Waals surface area contributed by atoms with Crippen LogP contribution in [0.3, 0.4) is 0 Å². The molecular weight excluding hydrogens is 212 g/mol. The zero-order chi connectivity index (χ0) is 12.3. The Hall–Kier alpha value is -1.35. The molecule has 1 aromatic rings. The van der Waals surface area contributed by atoms with Gasteiger partial charge >= 0.3 is 0 Å². The van der Waals surface area contributed by atoms with Crippen molar-refractivity contribution in [3.63, 3.8) is 0 Å². The number of carbonyl (C=O) groups is 1. The predicted octanol–water partition coefficient (Wildman–Crippen LogP) is 1.66. The lowest BCUT2D eigenvalue weighted by Gasteiger charge is -2.16. The quantitative estimate of drug-likeness (QED) is 0.858. The zero-order valence-electron chi connectivity index (χ0n) is 10.4. The SMILES string of the molecule is Cc1ccccc1C1CCN(CCC(N)=O)C1.